The Labute approximate surface area is 151 Å². The molecule has 1 saturated heterocycles. The summed E-state index contributed by atoms with van der Waals surface area (Å²) >= 11 is 0. The van der Waals surface area contributed by atoms with Crippen LogP contribution in [0.3, 0.4) is 0 Å². The Balaban J connectivity index is 1.72. The van der Waals surface area contributed by atoms with Crippen LogP contribution < -0.4 is 0 Å². The average Bonchev–Trinajstić information content (AvgIpc) is 2.62. The topological polar surface area (TPSA) is 70.0 Å². The fourth-order valence-corrected chi connectivity index (χ4v) is 3.40. The summed E-state index contributed by atoms with van der Waals surface area (Å²) < 4.78 is 19.3. The number of hydrogen-bond donors (Lipinski definition) is 2. The van der Waals surface area contributed by atoms with Crippen LogP contribution in [0.5, 0.6) is 0 Å². The number of morpholine rings is 1. The third kappa shape index (κ3) is 4.46. The van der Waals surface area contributed by atoms with Crippen LogP contribution >= 0.6 is 0 Å². The van der Waals surface area contributed by atoms with E-state index in [2.05, 4.69) is 4.90 Å². The Morgan fingerprint density at radius 1 is 1.19 bits per heavy atom. The quantitative estimate of drug-likeness (QED) is 0.828. The smallest absolute Gasteiger partial charge is 0.335 e. The summed E-state index contributed by atoms with van der Waals surface area (Å²) in [5.41, 5.74) is 1.12. The molecule has 138 valence electrons. The van der Waals surface area contributed by atoms with Gasteiger partial charge in [0.25, 0.3) is 0 Å². The number of carboxylic acid groups (broad SMARTS) is 1. The van der Waals surface area contributed by atoms with Gasteiger partial charge in [-0.15, -0.1) is 0 Å². The molecule has 6 heteroatoms. The number of carboxylic acids is 1. The number of hydrogen-bond acceptors (Lipinski definition) is 4. The maximum absolute atomic E-state index is 13.5. The summed E-state index contributed by atoms with van der Waals surface area (Å²) in [6.45, 7) is 2.01. The minimum Gasteiger partial charge on any atom is -0.478 e. The van der Waals surface area contributed by atoms with Gasteiger partial charge < -0.3 is 14.9 Å². The van der Waals surface area contributed by atoms with Gasteiger partial charge in [0, 0.05) is 26.1 Å². The van der Waals surface area contributed by atoms with Crippen molar-refractivity contribution in [3.05, 3.63) is 71.0 Å². The van der Waals surface area contributed by atoms with Crippen LogP contribution in [0.4, 0.5) is 4.39 Å². The molecule has 1 atom stereocenters. The SMILES string of the molecule is O=C(O)c1cccc(CN2CCOC(CO)(Cc3cccc(F)c3)C2)c1. The summed E-state index contributed by atoms with van der Waals surface area (Å²) in [5, 5.41) is 19.1. The predicted molar refractivity (Wildman–Crippen MR) is 94.6 cm³/mol. The first-order valence-corrected chi connectivity index (χ1v) is 8.53. The van der Waals surface area contributed by atoms with Gasteiger partial charge in [0.2, 0.25) is 0 Å². The van der Waals surface area contributed by atoms with Gasteiger partial charge in [-0.25, -0.2) is 9.18 Å². The fraction of sp³-hybridized carbons (Fsp3) is 0.350. The van der Waals surface area contributed by atoms with E-state index in [4.69, 9.17) is 9.84 Å². The van der Waals surface area contributed by atoms with Gasteiger partial charge in [0.15, 0.2) is 0 Å². The van der Waals surface area contributed by atoms with E-state index in [0.717, 1.165) is 11.1 Å². The molecule has 0 spiro atoms. The van der Waals surface area contributed by atoms with Crippen molar-refractivity contribution in [1.82, 2.24) is 4.90 Å². The number of ether oxygens (including phenoxy) is 1. The van der Waals surface area contributed by atoms with Crippen LogP contribution in [0, 0.1) is 5.82 Å². The summed E-state index contributed by atoms with van der Waals surface area (Å²) in [6.07, 6.45) is 0.410. The zero-order chi connectivity index (χ0) is 18.6. The molecule has 1 fully saturated rings. The molecule has 3 rings (SSSR count). The average molecular weight is 359 g/mol. The van der Waals surface area contributed by atoms with Gasteiger partial charge in [-0.1, -0.05) is 24.3 Å². The Morgan fingerprint density at radius 3 is 2.69 bits per heavy atom. The van der Waals surface area contributed by atoms with Crippen LogP contribution in [0.1, 0.15) is 21.5 Å². The molecule has 1 heterocycles. The number of benzene rings is 2. The van der Waals surface area contributed by atoms with E-state index >= 15 is 0 Å². The highest BCUT2D eigenvalue weighted by atomic mass is 19.1. The van der Waals surface area contributed by atoms with Crippen molar-refractivity contribution in [2.24, 2.45) is 0 Å². The second-order valence-electron chi connectivity index (χ2n) is 6.71. The van der Waals surface area contributed by atoms with Gasteiger partial charge in [-0.3, -0.25) is 4.90 Å². The molecule has 0 saturated carbocycles. The number of halogens is 1. The van der Waals surface area contributed by atoms with Crippen LogP contribution in [-0.4, -0.2) is 53.0 Å². The Kier molecular flexibility index (Phi) is 5.66. The van der Waals surface area contributed by atoms with Gasteiger partial charge in [0.1, 0.15) is 11.4 Å². The molecule has 0 aromatic heterocycles. The largest absolute Gasteiger partial charge is 0.478 e. The number of nitrogens with zero attached hydrogens (tertiary/aromatic N) is 1. The molecular formula is C20H22FNO4. The lowest BCUT2D eigenvalue weighted by atomic mass is 9.93. The lowest BCUT2D eigenvalue weighted by molar-refractivity contribution is -0.134. The molecule has 0 aliphatic carbocycles. The van der Waals surface area contributed by atoms with Crippen molar-refractivity contribution in [3.8, 4) is 0 Å². The van der Waals surface area contributed by atoms with E-state index in [1.165, 1.54) is 12.1 Å². The van der Waals surface area contributed by atoms with Crippen LogP contribution in [0.15, 0.2) is 48.5 Å². The number of aliphatic hydroxyl groups excluding tert-OH is 1. The molecule has 0 amide bonds. The van der Waals surface area contributed by atoms with Crippen LogP contribution in [-0.2, 0) is 17.7 Å². The van der Waals surface area contributed by atoms with Gasteiger partial charge in [-0.05, 0) is 35.4 Å². The molecule has 1 aliphatic heterocycles. The Bertz CT molecular complexity index is 782. The highest BCUT2D eigenvalue weighted by Crippen LogP contribution is 2.24. The third-order valence-electron chi connectivity index (χ3n) is 4.61. The maximum Gasteiger partial charge on any atom is 0.335 e. The van der Waals surface area contributed by atoms with Crippen LogP contribution in [0.2, 0.25) is 0 Å². The molecule has 0 bridgehead atoms. The third-order valence-corrected chi connectivity index (χ3v) is 4.61. The van der Waals surface area contributed by atoms with Gasteiger partial charge in [0.05, 0.1) is 18.8 Å². The normalized spacial score (nSPS) is 20.8. The molecule has 2 aromatic carbocycles. The van der Waals surface area contributed by atoms with Crippen molar-refractivity contribution in [2.45, 2.75) is 18.6 Å². The number of aromatic carboxylic acids is 1. The molecule has 0 radical (unpaired) electrons. The Morgan fingerprint density at radius 2 is 1.96 bits per heavy atom. The monoisotopic (exact) mass is 359 g/mol. The zero-order valence-corrected chi connectivity index (χ0v) is 14.4. The summed E-state index contributed by atoms with van der Waals surface area (Å²) in [6, 6.07) is 13.1. The first-order valence-electron chi connectivity index (χ1n) is 8.53. The molecule has 5 nitrogen and oxygen atoms in total. The molecule has 1 aliphatic rings. The lowest BCUT2D eigenvalue weighted by Gasteiger charge is -2.42. The maximum atomic E-state index is 13.5. The van der Waals surface area contributed by atoms with E-state index < -0.39 is 11.6 Å². The van der Waals surface area contributed by atoms with E-state index in [9.17, 15) is 14.3 Å². The number of rotatable bonds is 6. The van der Waals surface area contributed by atoms with Crippen molar-refractivity contribution in [2.75, 3.05) is 26.3 Å². The number of carbonyl (C=O) groups is 1. The van der Waals surface area contributed by atoms with Crippen molar-refractivity contribution < 1.29 is 24.1 Å². The molecular weight excluding hydrogens is 337 g/mol. The minimum absolute atomic E-state index is 0.171. The van der Waals surface area contributed by atoms with E-state index in [1.807, 2.05) is 12.1 Å². The highest BCUT2D eigenvalue weighted by Gasteiger charge is 2.36. The standard InChI is InChI=1S/C20H22FNO4/c21-18-6-2-3-15(10-18)11-20(14-23)13-22(7-8-26-20)12-16-4-1-5-17(9-16)19(24)25/h1-6,9-10,23H,7-8,11-14H2,(H,24,25). The second-order valence-corrected chi connectivity index (χ2v) is 6.71. The lowest BCUT2D eigenvalue weighted by Crippen LogP contribution is -2.55. The summed E-state index contributed by atoms with van der Waals surface area (Å²) in [5.74, 6) is -1.27. The van der Waals surface area contributed by atoms with Crippen LogP contribution in [0.25, 0.3) is 0 Å². The molecule has 26 heavy (non-hydrogen) atoms. The fourth-order valence-electron chi connectivity index (χ4n) is 3.40. The van der Waals surface area contributed by atoms with Gasteiger partial charge in [-0.2, -0.15) is 0 Å². The summed E-state index contributed by atoms with van der Waals surface area (Å²) in [7, 11) is 0. The minimum atomic E-state index is -0.954. The second kappa shape index (κ2) is 7.95. The first-order chi connectivity index (χ1) is 12.5. The van der Waals surface area contributed by atoms with E-state index in [0.29, 0.717) is 32.7 Å². The Hall–Kier alpha value is -2.28. The molecule has 2 N–H and O–H groups in total. The summed E-state index contributed by atoms with van der Waals surface area (Å²) in [4.78, 5) is 13.3. The predicted octanol–water partition coefficient (Wildman–Crippen LogP) is 2.33. The van der Waals surface area contributed by atoms with Crippen molar-refractivity contribution in [3.63, 3.8) is 0 Å². The van der Waals surface area contributed by atoms with E-state index in [-0.39, 0.29) is 18.0 Å². The van der Waals surface area contributed by atoms with Crippen molar-refractivity contribution >= 4 is 5.97 Å². The highest BCUT2D eigenvalue weighted by molar-refractivity contribution is 5.87. The first kappa shape index (κ1) is 18.5. The molecule has 1 unspecified atom stereocenters. The number of aliphatic hydroxyl groups is 1. The van der Waals surface area contributed by atoms with Crippen molar-refractivity contribution in [1.29, 1.82) is 0 Å². The zero-order valence-electron chi connectivity index (χ0n) is 14.4. The van der Waals surface area contributed by atoms with Gasteiger partial charge >= 0.3 is 5.97 Å². The molecule has 2 aromatic rings. The van der Waals surface area contributed by atoms with E-state index in [1.54, 1.807) is 24.3 Å².